The molecule has 0 aliphatic carbocycles. The first-order valence-electron chi connectivity index (χ1n) is 5.82. The molecule has 1 aromatic heterocycles. The van der Waals surface area contributed by atoms with Crippen LogP contribution in [-0.2, 0) is 11.3 Å². The van der Waals surface area contributed by atoms with Gasteiger partial charge in [-0.1, -0.05) is 0 Å². The summed E-state index contributed by atoms with van der Waals surface area (Å²) in [7, 11) is 3.43. The zero-order valence-electron chi connectivity index (χ0n) is 11.2. The summed E-state index contributed by atoms with van der Waals surface area (Å²) in [6, 6.07) is 0. The number of hydrogen-bond donors (Lipinski definition) is 1. The summed E-state index contributed by atoms with van der Waals surface area (Å²) in [4.78, 5) is 24.0. The third-order valence-corrected chi connectivity index (χ3v) is 2.85. The Morgan fingerprint density at radius 1 is 1.33 bits per heavy atom. The van der Waals surface area contributed by atoms with Gasteiger partial charge in [-0.25, -0.2) is 4.79 Å². The van der Waals surface area contributed by atoms with Gasteiger partial charge in [0.2, 0.25) is 5.91 Å². The van der Waals surface area contributed by atoms with Gasteiger partial charge in [-0.15, -0.1) is 0 Å². The molecule has 0 aliphatic rings. The molecule has 0 saturated carbocycles. The molecule has 1 rings (SSSR count). The second kappa shape index (κ2) is 5.66. The maximum atomic E-state index is 11.4. The molecule has 100 valence electrons. The second-order valence-electron chi connectivity index (χ2n) is 4.47. The van der Waals surface area contributed by atoms with E-state index in [4.69, 9.17) is 5.11 Å². The van der Waals surface area contributed by atoms with E-state index in [-0.39, 0.29) is 11.5 Å². The number of amides is 1. The van der Waals surface area contributed by atoms with Crippen LogP contribution in [0.15, 0.2) is 0 Å². The van der Waals surface area contributed by atoms with Gasteiger partial charge in [-0.2, -0.15) is 5.10 Å². The lowest BCUT2D eigenvalue weighted by atomic mass is 10.2. The zero-order valence-corrected chi connectivity index (χ0v) is 11.2. The van der Waals surface area contributed by atoms with Crippen LogP contribution in [-0.4, -0.2) is 45.8 Å². The number of aryl methyl sites for hydroxylation is 2. The quantitative estimate of drug-likeness (QED) is 0.851. The fraction of sp³-hybridized carbons (Fsp3) is 0.583. The lowest BCUT2D eigenvalue weighted by molar-refractivity contribution is -0.128. The van der Waals surface area contributed by atoms with E-state index >= 15 is 0 Å². The first-order chi connectivity index (χ1) is 8.34. The summed E-state index contributed by atoms with van der Waals surface area (Å²) >= 11 is 0. The van der Waals surface area contributed by atoms with Gasteiger partial charge in [0.25, 0.3) is 0 Å². The van der Waals surface area contributed by atoms with Crippen molar-refractivity contribution in [3.05, 3.63) is 17.0 Å². The first-order valence-corrected chi connectivity index (χ1v) is 5.82. The molecule has 6 heteroatoms. The molecular weight excluding hydrogens is 234 g/mol. The molecular formula is C12H19N3O3. The number of nitrogens with zero attached hydrogens (tertiary/aromatic N) is 3. The van der Waals surface area contributed by atoms with E-state index in [0.29, 0.717) is 30.8 Å². The third kappa shape index (κ3) is 3.09. The number of carbonyl (C=O) groups excluding carboxylic acids is 1. The van der Waals surface area contributed by atoms with Gasteiger partial charge in [0, 0.05) is 27.1 Å². The van der Waals surface area contributed by atoms with Crippen molar-refractivity contribution in [2.45, 2.75) is 33.2 Å². The number of carboxylic acids is 1. The topological polar surface area (TPSA) is 75.4 Å². The molecule has 1 aromatic rings. The highest BCUT2D eigenvalue weighted by Crippen LogP contribution is 2.13. The molecule has 18 heavy (non-hydrogen) atoms. The summed E-state index contributed by atoms with van der Waals surface area (Å²) in [5, 5.41) is 13.2. The van der Waals surface area contributed by atoms with Crippen molar-refractivity contribution in [2.75, 3.05) is 14.1 Å². The van der Waals surface area contributed by atoms with Gasteiger partial charge in [0.1, 0.15) is 5.56 Å². The van der Waals surface area contributed by atoms with Crippen molar-refractivity contribution in [3.63, 3.8) is 0 Å². The monoisotopic (exact) mass is 253 g/mol. The Morgan fingerprint density at radius 2 is 1.94 bits per heavy atom. The van der Waals surface area contributed by atoms with Crippen LogP contribution in [0.2, 0.25) is 0 Å². The van der Waals surface area contributed by atoms with Crippen LogP contribution in [0.3, 0.4) is 0 Å². The lowest BCUT2D eigenvalue weighted by Crippen LogP contribution is -2.21. The maximum absolute atomic E-state index is 11.4. The highest BCUT2D eigenvalue weighted by Gasteiger charge is 2.17. The van der Waals surface area contributed by atoms with Crippen molar-refractivity contribution in [1.29, 1.82) is 0 Å². The highest BCUT2D eigenvalue weighted by molar-refractivity contribution is 5.90. The Balaban J connectivity index is 2.67. The van der Waals surface area contributed by atoms with E-state index < -0.39 is 5.97 Å². The Morgan fingerprint density at radius 3 is 2.39 bits per heavy atom. The standard InChI is InChI=1S/C12H19N3O3/c1-8-11(12(17)18)9(2)15(13-8)7-5-6-10(16)14(3)4/h5-7H2,1-4H3,(H,17,18). The minimum Gasteiger partial charge on any atom is -0.478 e. The van der Waals surface area contributed by atoms with E-state index in [1.165, 1.54) is 0 Å². The highest BCUT2D eigenvalue weighted by atomic mass is 16.4. The largest absolute Gasteiger partial charge is 0.478 e. The Kier molecular flexibility index (Phi) is 4.47. The zero-order chi connectivity index (χ0) is 13.9. The summed E-state index contributed by atoms with van der Waals surface area (Å²) in [6.45, 7) is 3.97. The molecule has 0 bridgehead atoms. The van der Waals surface area contributed by atoms with E-state index in [2.05, 4.69) is 5.10 Å². The Bertz CT molecular complexity index is 463. The fourth-order valence-electron chi connectivity index (χ4n) is 1.83. The number of aromatic carboxylic acids is 1. The van der Waals surface area contributed by atoms with Crippen molar-refractivity contribution < 1.29 is 14.7 Å². The van der Waals surface area contributed by atoms with E-state index in [0.717, 1.165) is 0 Å². The van der Waals surface area contributed by atoms with E-state index in [1.54, 1.807) is 37.5 Å². The summed E-state index contributed by atoms with van der Waals surface area (Å²) < 4.78 is 1.65. The Hall–Kier alpha value is -1.85. The smallest absolute Gasteiger partial charge is 0.339 e. The lowest BCUT2D eigenvalue weighted by Gasteiger charge is -2.10. The van der Waals surface area contributed by atoms with Crippen molar-refractivity contribution in [1.82, 2.24) is 14.7 Å². The molecule has 0 fully saturated rings. The summed E-state index contributed by atoms with van der Waals surface area (Å²) in [5.41, 5.74) is 1.41. The van der Waals surface area contributed by atoms with Crippen LogP contribution in [0.5, 0.6) is 0 Å². The van der Waals surface area contributed by atoms with E-state index in [9.17, 15) is 9.59 Å². The number of hydrogen-bond acceptors (Lipinski definition) is 3. The summed E-state index contributed by atoms with van der Waals surface area (Å²) in [5.74, 6) is -0.893. The SMILES string of the molecule is Cc1nn(CCCC(=O)N(C)C)c(C)c1C(=O)O. The van der Waals surface area contributed by atoms with Gasteiger partial charge in [-0.3, -0.25) is 9.48 Å². The Labute approximate surface area is 106 Å². The van der Waals surface area contributed by atoms with Crippen LogP contribution in [0.25, 0.3) is 0 Å². The minimum absolute atomic E-state index is 0.0648. The molecule has 1 heterocycles. The van der Waals surface area contributed by atoms with Crippen LogP contribution >= 0.6 is 0 Å². The van der Waals surface area contributed by atoms with Crippen LogP contribution in [0, 0.1) is 13.8 Å². The molecule has 0 aliphatic heterocycles. The van der Waals surface area contributed by atoms with Gasteiger partial charge >= 0.3 is 5.97 Å². The maximum Gasteiger partial charge on any atom is 0.339 e. The van der Waals surface area contributed by atoms with Gasteiger partial charge in [0.05, 0.1) is 11.4 Å². The van der Waals surface area contributed by atoms with E-state index in [1.807, 2.05) is 0 Å². The average Bonchev–Trinajstić information content (AvgIpc) is 2.53. The first kappa shape index (κ1) is 14.2. The number of rotatable bonds is 5. The van der Waals surface area contributed by atoms with Gasteiger partial charge in [0.15, 0.2) is 0 Å². The van der Waals surface area contributed by atoms with Crippen LogP contribution in [0.1, 0.15) is 34.6 Å². The predicted molar refractivity (Wildman–Crippen MR) is 66.6 cm³/mol. The molecule has 0 atom stereocenters. The number of carboxylic acid groups (broad SMARTS) is 1. The molecule has 0 radical (unpaired) electrons. The molecule has 6 nitrogen and oxygen atoms in total. The average molecular weight is 253 g/mol. The van der Waals surface area contributed by atoms with Crippen molar-refractivity contribution in [2.24, 2.45) is 0 Å². The number of aromatic nitrogens is 2. The molecule has 0 aromatic carbocycles. The minimum atomic E-state index is -0.958. The predicted octanol–water partition coefficient (Wildman–Crippen LogP) is 1.07. The van der Waals surface area contributed by atoms with Gasteiger partial charge in [-0.05, 0) is 20.3 Å². The van der Waals surface area contributed by atoms with Crippen molar-refractivity contribution in [3.8, 4) is 0 Å². The molecule has 1 amide bonds. The summed E-state index contributed by atoms with van der Waals surface area (Å²) in [6.07, 6.45) is 1.09. The van der Waals surface area contributed by atoms with Crippen LogP contribution < -0.4 is 0 Å². The molecule has 0 spiro atoms. The second-order valence-corrected chi connectivity index (χ2v) is 4.47. The fourth-order valence-corrected chi connectivity index (χ4v) is 1.83. The molecule has 0 saturated heterocycles. The number of carbonyl (C=O) groups is 2. The van der Waals surface area contributed by atoms with Crippen LogP contribution in [0.4, 0.5) is 0 Å². The van der Waals surface area contributed by atoms with Gasteiger partial charge < -0.3 is 10.0 Å². The molecule has 0 unspecified atom stereocenters. The third-order valence-electron chi connectivity index (χ3n) is 2.85. The molecule has 1 N–H and O–H groups in total. The van der Waals surface area contributed by atoms with Crippen molar-refractivity contribution >= 4 is 11.9 Å². The normalized spacial score (nSPS) is 10.4.